The lowest BCUT2D eigenvalue weighted by molar-refractivity contribution is -0.140. The lowest BCUT2D eigenvalue weighted by atomic mass is 10.0. The molecule has 0 radical (unpaired) electrons. The summed E-state index contributed by atoms with van der Waals surface area (Å²) in [7, 11) is 0. The van der Waals surface area contributed by atoms with Gasteiger partial charge in [-0.25, -0.2) is 0 Å². The molecule has 5 heteroatoms. The van der Waals surface area contributed by atoms with Crippen LogP contribution in [0.4, 0.5) is 0 Å². The second kappa shape index (κ2) is 6.89. The van der Waals surface area contributed by atoms with Crippen LogP contribution >= 0.6 is 0 Å². The third kappa shape index (κ3) is 4.15. The van der Waals surface area contributed by atoms with Crippen LogP contribution in [-0.2, 0) is 4.79 Å². The van der Waals surface area contributed by atoms with E-state index in [1.165, 1.54) is 0 Å². The lowest BCUT2D eigenvalue weighted by Crippen LogP contribution is -2.43. The first-order chi connectivity index (χ1) is 6.54. The van der Waals surface area contributed by atoms with E-state index in [1.807, 2.05) is 6.92 Å². The molecule has 0 aromatic carbocycles. The SMILES string of the molecule is CCCCC(=O)C(O)C(O)C(O)CO. The Labute approximate surface area is 83.0 Å². The van der Waals surface area contributed by atoms with E-state index in [2.05, 4.69) is 0 Å². The molecule has 0 saturated carbocycles. The Morgan fingerprint density at radius 2 is 1.86 bits per heavy atom. The van der Waals surface area contributed by atoms with Crippen LogP contribution in [0.3, 0.4) is 0 Å². The van der Waals surface area contributed by atoms with Gasteiger partial charge >= 0.3 is 0 Å². The Balaban J connectivity index is 4.03. The highest BCUT2D eigenvalue weighted by atomic mass is 16.4. The highest BCUT2D eigenvalue weighted by molar-refractivity contribution is 5.83. The molecule has 0 spiro atoms. The van der Waals surface area contributed by atoms with Gasteiger partial charge in [-0.15, -0.1) is 0 Å². The minimum Gasteiger partial charge on any atom is -0.394 e. The van der Waals surface area contributed by atoms with Gasteiger partial charge in [-0.2, -0.15) is 0 Å². The lowest BCUT2D eigenvalue weighted by Gasteiger charge is -2.20. The van der Waals surface area contributed by atoms with Crippen molar-refractivity contribution in [3.63, 3.8) is 0 Å². The fourth-order valence-corrected chi connectivity index (χ4v) is 1.01. The average Bonchev–Trinajstić information content (AvgIpc) is 2.22. The van der Waals surface area contributed by atoms with Crippen molar-refractivity contribution in [3.8, 4) is 0 Å². The maximum atomic E-state index is 11.2. The monoisotopic (exact) mass is 206 g/mol. The van der Waals surface area contributed by atoms with E-state index in [1.54, 1.807) is 0 Å². The molecule has 84 valence electrons. The Morgan fingerprint density at radius 1 is 1.29 bits per heavy atom. The molecule has 0 amide bonds. The maximum absolute atomic E-state index is 11.2. The van der Waals surface area contributed by atoms with E-state index < -0.39 is 30.7 Å². The third-order valence-corrected chi connectivity index (χ3v) is 2.01. The molecule has 0 aromatic heterocycles. The number of hydrogen-bond acceptors (Lipinski definition) is 5. The minimum atomic E-state index is -1.61. The fourth-order valence-electron chi connectivity index (χ4n) is 1.01. The Morgan fingerprint density at radius 3 is 2.29 bits per heavy atom. The molecule has 0 aliphatic heterocycles. The quantitative estimate of drug-likeness (QED) is 0.420. The maximum Gasteiger partial charge on any atom is 0.164 e. The van der Waals surface area contributed by atoms with Crippen molar-refractivity contribution in [3.05, 3.63) is 0 Å². The number of carbonyl (C=O) groups excluding carboxylic acids is 1. The van der Waals surface area contributed by atoms with E-state index in [0.29, 0.717) is 6.42 Å². The van der Waals surface area contributed by atoms with Gasteiger partial charge in [0.25, 0.3) is 0 Å². The predicted octanol–water partition coefficient (Wildman–Crippen LogP) is -1.18. The first-order valence-corrected chi connectivity index (χ1v) is 4.72. The number of ketones is 1. The number of rotatable bonds is 7. The van der Waals surface area contributed by atoms with E-state index in [4.69, 9.17) is 10.2 Å². The van der Waals surface area contributed by atoms with Gasteiger partial charge in [0.1, 0.15) is 18.3 Å². The highest BCUT2D eigenvalue weighted by Gasteiger charge is 2.28. The van der Waals surface area contributed by atoms with E-state index in [0.717, 1.165) is 6.42 Å². The molecule has 14 heavy (non-hydrogen) atoms. The van der Waals surface area contributed by atoms with Crippen molar-refractivity contribution in [2.45, 2.75) is 44.5 Å². The van der Waals surface area contributed by atoms with Crippen molar-refractivity contribution in [2.75, 3.05) is 6.61 Å². The standard InChI is InChI=1S/C9H18O5/c1-2-3-4-6(11)8(13)9(14)7(12)5-10/h7-10,12-14H,2-5H2,1H3. The summed E-state index contributed by atoms with van der Waals surface area (Å²) in [5, 5.41) is 35.9. The minimum absolute atomic E-state index is 0.173. The molecular weight excluding hydrogens is 188 g/mol. The van der Waals surface area contributed by atoms with Crippen LogP contribution < -0.4 is 0 Å². The number of hydrogen-bond donors (Lipinski definition) is 4. The Kier molecular flexibility index (Phi) is 6.65. The summed E-state index contributed by atoms with van der Waals surface area (Å²) in [5.41, 5.74) is 0. The van der Waals surface area contributed by atoms with E-state index in [-0.39, 0.29) is 6.42 Å². The summed E-state index contributed by atoms with van der Waals surface area (Å²) in [4.78, 5) is 11.2. The zero-order valence-corrected chi connectivity index (χ0v) is 8.26. The molecule has 0 aliphatic carbocycles. The Hall–Kier alpha value is -0.490. The number of carbonyl (C=O) groups is 1. The van der Waals surface area contributed by atoms with Gasteiger partial charge < -0.3 is 20.4 Å². The molecule has 0 fully saturated rings. The van der Waals surface area contributed by atoms with Crippen LogP contribution in [-0.4, -0.2) is 51.1 Å². The van der Waals surface area contributed by atoms with Gasteiger partial charge in [0, 0.05) is 6.42 Å². The van der Waals surface area contributed by atoms with Crippen molar-refractivity contribution < 1.29 is 25.2 Å². The zero-order chi connectivity index (χ0) is 11.1. The van der Waals surface area contributed by atoms with Crippen LogP contribution in [0, 0.1) is 0 Å². The molecule has 0 rings (SSSR count). The van der Waals surface area contributed by atoms with Gasteiger partial charge in [0.2, 0.25) is 0 Å². The van der Waals surface area contributed by atoms with Gasteiger partial charge in [-0.1, -0.05) is 13.3 Å². The molecule has 0 saturated heterocycles. The van der Waals surface area contributed by atoms with Gasteiger partial charge in [-0.3, -0.25) is 4.79 Å². The fraction of sp³-hybridized carbons (Fsp3) is 0.889. The van der Waals surface area contributed by atoms with Crippen molar-refractivity contribution in [1.82, 2.24) is 0 Å². The zero-order valence-electron chi connectivity index (χ0n) is 8.26. The van der Waals surface area contributed by atoms with Crippen LogP contribution in [0.5, 0.6) is 0 Å². The van der Waals surface area contributed by atoms with Crippen molar-refractivity contribution >= 4 is 5.78 Å². The molecule has 0 aliphatic rings. The molecule has 3 atom stereocenters. The summed E-state index contributed by atoms with van der Waals surface area (Å²) in [6.07, 6.45) is -3.06. The largest absolute Gasteiger partial charge is 0.394 e. The molecular formula is C9H18O5. The smallest absolute Gasteiger partial charge is 0.164 e. The van der Waals surface area contributed by atoms with Crippen LogP contribution in [0.1, 0.15) is 26.2 Å². The topological polar surface area (TPSA) is 98.0 Å². The summed E-state index contributed by atoms with van der Waals surface area (Å²) >= 11 is 0. The number of aliphatic hydroxyl groups excluding tert-OH is 4. The second-order valence-corrected chi connectivity index (χ2v) is 3.26. The summed E-state index contributed by atoms with van der Waals surface area (Å²) < 4.78 is 0. The van der Waals surface area contributed by atoms with E-state index in [9.17, 15) is 15.0 Å². The van der Waals surface area contributed by atoms with Gasteiger partial charge in [-0.05, 0) is 6.42 Å². The molecule has 0 heterocycles. The van der Waals surface area contributed by atoms with Gasteiger partial charge in [0.05, 0.1) is 6.61 Å². The van der Waals surface area contributed by atoms with Crippen LogP contribution in [0.2, 0.25) is 0 Å². The molecule has 4 N–H and O–H groups in total. The molecule has 3 unspecified atom stereocenters. The average molecular weight is 206 g/mol. The van der Waals surface area contributed by atoms with E-state index >= 15 is 0 Å². The second-order valence-electron chi connectivity index (χ2n) is 3.26. The number of Topliss-reactive ketones (excluding diaryl/α,β-unsaturated/α-hetero) is 1. The molecule has 5 nitrogen and oxygen atoms in total. The normalized spacial score (nSPS) is 17.5. The summed E-state index contributed by atoms with van der Waals surface area (Å²) in [5.74, 6) is -0.508. The highest BCUT2D eigenvalue weighted by Crippen LogP contribution is 2.06. The number of unbranched alkanes of at least 4 members (excludes halogenated alkanes) is 1. The van der Waals surface area contributed by atoms with Crippen molar-refractivity contribution in [2.24, 2.45) is 0 Å². The summed E-state index contributed by atoms with van der Waals surface area (Å²) in [6, 6.07) is 0. The number of aliphatic hydroxyl groups is 4. The first kappa shape index (κ1) is 13.5. The molecule has 0 aromatic rings. The van der Waals surface area contributed by atoms with Crippen molar-refractivity contribution in [1.29, 1.82) is 0 Å². The molecule has 0 bridgehead atoms. The van der Waals surface area contributed by atoms with Crippen LogP contribution in [0.25, 0.3) is 0 Å². The first-order valence-electron chi connectivity index (χ1n) is 4.72. The van der Waals surface area contributed by atoms with Gasteiger partial charge in [0.15, 0.2) is 5.78 Å². The Bertz CT molecular complexity index is 171. The summed E-state index contributed by atoms with van der Waals surface area (Å²) in [6.45, 7) is 1.22. The van der Waals surface area contributed by atoms with Crippen LogP contribution in [0.15, 0.2) is 0 Å². The predicted molar refractivity (Wildman–Crippen MR) is 49.6 cm³/mol. The third-order valence-electron chi connectivity index (χ3n) is 2.01.